The van der Waals surface area contributed by atoms with Crippen molar-refractivity contribution < 1.29 is 9.59 Å². The number of thiophene rings is 1. The average Bonchev–Trinajstić information content (AvgIpc) is 3.04. The molecule has 3 N–H and O–H groups in total. The number of urea groups is 1. The Hall–Kier alpha value is -2.31. The van der Waals surface area contributed by atoms with Crippen molar-refractivity contribution in [1.29, 1.82) is 0 Å². The molecule has 5 nitrogen and oxygen atoms in total. The highest BCUT2D eigenvalue weighted by atomic mass is 35.5. The zero-order chi connectivity index (χ0) is 17.3. The van der Waals surface area contributed by atoms with Crippen LogP contribution in [0.5, 0.6) is 0 Å². The van der Waals surface area contributed by atoms with Gasteiger partial charge in [-0.1, -0.05) is 23.7 Å². The number of carbonyl (C=O) groups excluding carboxylic acids is 2. The maximum absolute atomic E-state index is 12.8. The molecule has 0 aliphatic carbocycles. The molecule has 1 aliphatic heterocycles. The molecule has 124 valence electrons. The summed E-state index contributed by atoms with van der Waals surface area (Å²) in [6.45, 7) is 3.62. The molecule has 3 amide bonds. The number of benzene rings is 1. The van der Waals surface area contributed by atoms with Crippen molar-refractivity contribution in [1.82, 2.24) is 10.6 Å². The van der Waals surface area contributed by atoms with Crippen LogP contribution in [-0.2, 0) is 4.79 Å². The van der Waals surface area contributed by atoms with E-state index in [4.69, 9.17) is 11.6 Å². The van der Waals surface area contributed by atoms with Gasteiger partial charge in [0.25, 0.3) is 5.91 Å². The van der Waals surface area contributed by atoms with Gasteiger partial charge in [-0.2, -0.15) is 0 Å². The van der Waals surface area contributed by atoms with Gasteiger partial charge in [-0.25, -0.2) is 4.79 Å². The van der Waals surface area contributed by atoms with Gasteiger partial charge in [-0.05, 0) is 43.0 Å². The van der Waals surface area contributed by atoms with E-state index in [2.05, 4.69) is 16.0 Å². The molecule has 3 rings (SSSR count). The molecule has 0 fully saturated rings. The molecule has 0 spiro atoms. The molecule has 0 saturated carbocycles. The number of anilines is 1. The molecular formula is C17H16ClN3O2S. The lowest BCUT2D eigenvalue weighted by atomic mass is 10.0. The van der Waals surface area contributed by atoms with Gasteiger partial charge in [-0.3, -0.25) is 4.79 Å². The van der Waals surface area contributed by atoms with E-state index in [1.54, 1.807) is 19.1 Å². The third-order valence-corrected chi connectivity index (χ3v) is 5.12. The van der Waals surface area contributed by atoms with Gasteiger partial charge >= 0.3 is 6.03 Å². The van der Waals surface area contributed by atoms with Gasteiger partial charge < -0.3 is 16.0 Å². The monoisotopic (exact) mass is 361 g/mol. The van der Waals surface area contributed by atoms with Gasteiger partial charge in [0.15, 0.2) is 0 Å². The second-order valence-electron chi connectivity index (χ2n) is 5.50. The minimum atomic E-state index is -0.473. The molecule has 1 aromatic carbocycles. The first kappa shape index (κ1) is 16.5. The minimum Gasteiger partial charge on any atom is -0.326 e. The van der Waals surface area contributed by atoms with E-state index in [-0.39, 0.29) is 11.9 Å². The summed E-state index contributed by atoms with van der Waals surface area (Å²) in [4.78, 5) is 25.5. The lowest BCUT2D eigenvalue weighted by Gasteiger charge is -2.27. The highest BCUT2D eigenvalue weighted by Gasteiger charge is 2.31. The van der Waals surface area contributed by atoms with Gasteiger partial charge in [-0.15, -0.1) is 11.3 Å². The van der Waals surface area contributed by atoms with E-state index in [0.29, 0.717) is 22.0 Å². The van der Waals surface area contributed by atoms with Gasteiger partial charge in [0.05, 0.1) is 11.6 Å². The molecule has 0 bridgehead atoms. The standard InChI is InChI=1S/C17H16ClN3O2S/c1-9-5-6-11(8-12(9)18)20-16(22)14-10(2)19-17(23)21-15(14)13-4-3-7-24-13/h3-8,15H,1-2H3,(H,20,22)(H2,19,21,23)/t15-/m0/s1. The van der Waals surface area contributed by atoms with Crippen LogP contribution in [-0.4, -0.2) is 11.9 Å². The molecule has 1 atom stereocenters. The normalized spacial score (nSPS) is 17.3. The lowest BCUT2D eigenvalue weighted by molar-refractivity contribution is -0.113. The largest absolute Gasteiger partial charge is 0.326 e. The van der Waals surface area contributed by atoms with Crippen molar-refractivity contribution in [2.45, 2.75) is 19.9 Å². The zero-order valence-corrected chi connectivity index (χ0v) is 14.7. The van der Waals surface area contributed by atoms with E-state index >= 15 is 0 Å². The van der Waals surface area contributed by atoms with E-state index in [9.17, 15) is 9.59 Å². The Morgan fingerprint density at radius 1 is 1.29 bits per heavy atom. The van der Waals surface area contributed by atoms with Crippen molar-refractivity contribution in [3.63, 3.8) is 0 Å². The van der Waals surface area contributed by atoms with Crippen molar-refractivity contribution in [3.8, 4) is 0 Å². The number of hydrogen-bond acceptors (Lipinski definition) is 3. The number of allylic oxidation sites excluding steroid dienone is 1. The SMILES string of the molecule is CC1=C(C(=O)Nc2ccc(C)c(Cl)c2)[C@H](c2cccs2)NC(=O)N1. The van der Waals surface area contributed by atoms with Crippen molar-refractivity contribution in [2.75, 3.05) is 5.32 Å². The lowest BCUT2D eigenvalue weighted by Crippen LogP contribution is -2.45. The summed E-state index contributed by atoms with van der Waals surface area (Å²) in [5, 5.41) is 10.8. The quantitative estimate of drug-likeness (QED) is 0.774. The van der Waals surface area contributed by atoms with E-state index in [1.807, 2.05) is 30.5 Å². The second kappa shape index (κ2) is 6.67. The predicted molar refractivity (Wildman–Crippen MR) is 96.2 cm³/mol. The third-order valence-electron chi connectivity index (χ3n) is 3.77. The Labute approximate surface area is 148 Å². The van der Waals surface area contributed by atoms with E-state index in [1.165, 1.54) is 11.3 Å². The van der Waals surface area contributed by atoms with Gasteiger partial charge in [0, 0.05) is 21.3 Å². The Bertz CT molecular complexity index is 830. The first-order chi connectivity index (χ1) is 11.5. The second-order valence-corrected chi connectivity index (χ2v) is 6.89. The molecule has 0 radical (unpaired) electrons. The van der Waals surface area contributed by atoms with Crippen LogP contribution in [0.4, 0.5) is 10.5 Å². The number of hydrogen-bond donors (Lipinski definition) is 3. The van der Waals surface area contributed by atoms with E-state index in [0.717, 1.165) is 10.4 Å². The smallest absolute Gasteiger partial charge is 0.319 e. The van der Waals surface area contributed by atoms with Crippen LogP contribution in [0.2, 0.25) is 5.02 Å². The van der Waals surface area contributed by atoms with Crippen LogP contribution in [0.3, 0.4) is 0 Å². The van der Waals surface area contributed by atoms with Crippen molar-refractivity contribution in [2.24, 2.45) is 0 Å². The topological polar surface area (TPSA) is 70.2 Å². The minimum absolute atomic E-state index is 0.279. The third kappa shape index (κ3) is 3.29. The fourth-order valence-corrected chi connectivity index (χ4v) is 3.50. The highest BCUT2D eigenvalue weighted by Crippen LogP contribution is 2.30. The van der Waals surface area contributed by atoms with Crippen LogP contribution in [0, 0.1) is 6.92 Å². The first-order valence-electron chi connectivity index (χ1n) is 7.35. The molecule has 1 aromatic heterocycles. The van der Waals surface area contributed by atoms with Crippen LogP contribution in [0.15, 0.2) is 47.0 Å². The molecule has 2 heterocycles. The van der Waals surface area contributed by atoms with Crippen LogP contribution < -0.4 is 16.0 Å². The summed E-state index contributed by atoms with van der Waals surface area (Å²) in [7, 11) is 0. The highest BCUT2D eigenvalue weighted by molar-refractivity contribution is 7.10. The molecular weight excluding hydrogens is 346 g/mol. The van der Waals surface area contributed by atoms with Gasteiger partial charge in [0.1, 0.15) is 0 Å². The first-order valence-corrected chi connectivity index (χ1v) is 8.60. The van der Waals surface area contributed by atoms with Crippen molar-refractivity contribution >= 4 is 40.6 Å². The summed E-state index contributed by atoms with van der Waals surface area (Å²) in [5.41, 5.74) is 2.56. The maximum atomic E-state index is 12.8. The molecule has 7 heteroatoms. The fraction of sp³-hybridized carbons (Fsp3) is 0.176. The molecule has 0 saturated heterocycles. The van der Waals surface area contributed by atoms with Crippen molar-refractivity contribution in [3.05, 3.63) is 62.4 Å². The number of carbonyl (C=O) groups is 2. The predicted octanol–water partition coefficient (Wildman–Crippen LogP) is 3.98. The maximum Gasteiger partial charge on any atom is 0.319 e. The number of halogens is 1. The number of amides is 3. The van der Waals surface area contributed by atoms with Crippen LogP contribution >= 0.6 is 22.9 Å². The Morgan fingerprint density at radius 2 is 2.08 bits per heavy atom. The van der Waals surface area contributed by atoms with Crippen LogP contribution in [0.1, 0.15) is 23.4 Å². The zero-order valence-electron chi connectivity index (χ0n) is 13.1. The Balaban J connectivity index is 1.91. The summed E-state index contributed by atoms with van der Waals surface area (Å²) in [5.74, 6) is -0.279. The molecule has 1 aliphatic rings. The van der Waals surface area contributed by atoms with Crippen LogP contribution in [0.25, 0.3) is 0 Å². The Kier molecular flexibility index (Phi) is 4.59. The average molecular weight is 362 g/mol. The number of nitrogens with one attached hydrogen (secondary N) is 3. The van der Waals surface area contributed by atoms with E-state index < -0.39 is 6.04 Å². The summed E-state index contributed by atoms with van der Waals surface area (Å²) in [6.07, 6.45) is 0. The molecule has 2 aromatic rings. The fourth-order valence-electron chi connectivity index (χ4n) is 2.53. The Morgan fingerprint density at radius 3 is 2.75 bits per heavy atom. The molecule has 24 heavy (non-hydrogen) atoms. The summed E-state index contributed by atoms with van der Waals surface area (Å²) in [6, 6.07) is 8.34. The number of aryl methyl sites for hydroxylation is 1. The molecule has 0 unspecified atom stereocenters. The van der Waals surface area contributed by atoms with Gasteiger partial charge in [0.2, 0.25) is 0 Å². The number of rotatable bonds is 3. The summed E-state index contributed by atoms with van der Waals surface area (Å²) < 4.78 is 0. The summed E-state index contributed by atoms with van der Waals surface area (Å²) >= 11 is 7.60.